The van der Waals surface area contributed by atoms with Gasteiger partial charge in [-0.15, -0.1) is 0 Å². The molecule has 0 aliphatic rings. The minimum absolute atomic E-state index is 0.00640. The molecule has 1 amide bonds. The van der Waals surface area contributed by atoms with Crippen LogP contribution in [0.1, 0.15) is 27.2 Å². The fourth-order valence-corrected chi connectivity index (χ4v) is 6.97. The number of amides is 1. The third-order valence-corrected chi connectivity index (χ3v) is 11.7. The number of carboxylic acids is 1. The van der Waals surface area contributed by atoms with Gasteiger partial charge in [-0.25, -0.2) is 4.98 Å². The quantitative estimate of drug-likeness (QED) is 0.259. The van der Waals surface area contributed by atoms with Crippen molar-refractivity contribution in [1.82, 2.24) is 15.6 Å². The van der Waals surface area contributed by atoms with Gasteiger partial charge in [0.25, 0.3) is 0 Å². The summed E-state index contributed by atoms with van der Waals surface area (Å²) in [5.74, 6) is -0.799. The van der Waals surface area contributed by atoms with Gasteiger partial charge in [0, 0.05) is 5.69 Å². The number of hydrogen-bond acceptors (Lipinski definition) is 5. The van der Waals surface area contributed by atoms with Crippen LogP contribution in [0.2, 0.25) is 14.8 Å². The Labute approximate surface area is 211 Å². The number of nitrogens with two attached hydrogens (primary N) is 1. The topological polar surface area (TPSA) is 117 Å². The molecule has 0 saturated heterocycles. The molecule has 0 unspecified atom stereocenters. The first-order valence-electron chi connectivity index (χ1n) is 11.8. The van der Waals surface area contributed by atoms with E-state index in [1.54, 1.807) is 18.2 Å². The average Bonchev–Trinajstić information content (AvgIpc) is 2.82. The molecule has 5 N–H and O–H groups in total. The number of aryl methyl sites for hydroxylation is 2. The molecule has 1 aromatic heterocycles. The standard InChI is InChI=1S/C24H25N4O3.3CH3.Sn/c25-22-8-4-7-20(28-22)14-11-17-9-12-19(13-10-17)23(29)27-16-21(24(30)31)26-15-18-5-2-1-3-6-18;;;;/h2-10,12-13,21,26H,11,14-16H2,(H2,25,28)(H,27,29)(H,30,31);3*1H3;/t21-;;;;/m0..../s1. The Morgan fingerprint density at radius 1 is 0.943 bits per heavy atom. The predicted molar refractivity (Wildman–Crippen MR) is 143 cm³/mol. The molecule has 3 rings (SSSR count). The Balaban J connectivity index is 1.49. The van der Waals surface area contributed by atoms with Gasteiger partial charge in [0.1, 0.15) is 5.82 Å². The van der Waals surface area contributed by atoms with Crippen molar-refractivity contribution in [2.75, 3.05) is 12.3 Å². The molecule has 0 fully saturated rings. The van der Waals surface area contributed by atoms with Gasteiger partial charge in [0.2, 0.25) is 0 Å². The number of carbonyl (C=O) groups excluding carboxylic acids is 1. The first-order chi connectivity index (χ1) is 16.6. The number of carbonyl (C=O) groups is 2. The van der Waals surface area contributed by atoms with Crippen LogP contribution in [0.4, 0.5) is 5.82 Å². The summed E-state index contributed by atoms with van der Waals surface area (Å²) in [5.41, 5.74) is 9.24. The summed E-state index contributed by atoms with van der Waals surface area (Å²) in [6.45, 7) is 0.414. The van der Waals surface area contributed by atoms with Gasteiger partial charge < -0.3 is 5.73 Å². The zero-order valence-corrected chi connectivity index (χ0v) is 23.4. The summed E-state index contributed by atoms with van der Waals surface area (Å²) in [4.78, 5) is 35.6. The molecule has 1 atom stereocenters. The van der Waals surface area contributed by atoms with Crippen molar-refractivity contribution < 1.29 is 14.7 Å². The van der Waals surface area contributed by atoms with E-state index < -0.39 is 30.4 Å². The van der Waals surface area contributed by atoms with Gasteiger partial charge in [-0.2, -0.15) is 0 Å². The van der Waals surface area contributed by atoms with Gasteiger partial charge in [-0.3, -0.25) is 0 Å². The SMILES string of the molecule is [CH3][Sn]([CH3])([CH3])[c]1ccc(CN[C@@H](CNC(=O)c2ccc(CCc3cccc(N)n3)cc2)C(=O)O)cc1. The van der Waals surface area contributed by atoms with Crippen LogP contribution >= 0.6 is 0 Å². The number of rotatable bonds is 11. The molecule has 2 aromatic carbocycles. The average molecular weight is 581 g/mol. The summed E-state index contributed by atoms with van der Waals surface area (Å²) in [6, 6.07) is 20.4. The van der Waals surface area contributed by atoms with Crippen LogP contribution in [0, 0.1) is 0 Å². The molecule has 8 heteroatoms. The Hall–Kier alpha value is -2.91. The molecular formula is C27H34N4O3Sn. The third kappa shape index (κ3) is 8.36. The van der Waals surface area contributed by atoms with Gasteiger partial charge in [0.05, 0.1) is 0 Å². The molecule has 1 heterocycles. The van der Waals surface area contributed by atoms with Crippen molar-refractivity contribution in [2.24, 2.45) is 0 Å². The number of carboxylic acid groups (broad SMARTS) is 1. The fourth-order valence-electron chi connectivity index (χ4n) is 3.64. The molecule has 0 radical (unpaired) electrons. The van der Waals surface area contributed by atoms with Crippen LogP contribution in [-0.2, 0) is 24.2 Å². The number of benzene rings is 2. The maximum atomic E-state index is 12.6. The Morgan fingerprint density at radius 3 is 2.20 bits per heavy atom. The second kappa shape index (κ2) is 12.2. The molecule has 3 aromatic rings. The number of pyridine rings is 1. The maximum absolute atomic E-state index is 12.6. The second-order valence-electron chi connectivity index (χ2n) is 9.68. The summed E-state index contributed by atoms with van der Waals surface area (Å²) >= 11 is -2.11. The molecule has 0 aliphatic carbocycles. The number of nitrogen functional groups attached to an aromatic ring is 1. The summed E-state index contributed by atoms with van der Waals surface area (Å²) in [7, 11) is 0. The number of aliphatic carboxylic acids is 1. The summed E-state index contributed by atoms with van der Waals surface area (Å²) < 4.78 is 1.43. The number of aromatic nitrogens is 1. The van der Waals surface area contributed by atoms with Crippen molar-refractivity contribution in [2.45, 2.75) is 40.2 Å². The summed E-state index contributed by atoms with van der Waals surface area (Å²) in [6.07, 6.45) is 1.54. The number of nitrogens with zero attached hydrogens (tertiary/aromatic N) is 1. The monoisotopic (exact) mass is 582 g/mol. The molecule has 7 nitrogen and oxygen atoms in total. The van der Waals surface area contributed by atoms with Crippen molar-refractivity contribution in [1.29, 1.82) is 0 Å². The van der Waals surface area contributed by atoms with E-state index in [0.717, 1.165) is 29.7 Å². The molecule has 35 heavy (non-hydrogen) atoms. The number of anilines is 1. The summed E-state index contributed by atoms with van der Waals surface area (Å²) in [5, 5.41) is 15.3. The third-order valence-electron chi connectivity index (χ3n) is 5.85. The van der Waals surface area contributed by atoms with Crippen LogP contribution in [-0.4, -0.2) is 52.9 Å². The van der Waals surface area contributed by atoms with Gasteiger partial charge in [-0.05, 0) is 30.5 Å². The van der Waals surface area contributed by atoms with Crippen LogP contribution < -0.4 is 19.9 Å². The van der Waals surface area contributed by atoms with E-state index in [4.69, 9.17) is 5.73 Å². The van der Waals surface area contributed by atoms with E-state index in [1.165, 1.54) is 3.58 Å². The van der Waals surface area contributed by atoms with E-state index in [0.29, 0.717) is 17.9 Å². The molecule has 0 saturated carbocycles. The molecule has 0 aliphatic heterocycles. The van der Waals surface area contributed by atoms with Crippen molar-refractivity contribution in [3.05, 3.63) is 89.1 Å². The van der Waals surface area contributed by atoms with Crippen LogP contribution in [0.25, 0.3) is 0 Å². The Bertz CT molecular complexity index is 1140. The normalized spacial score (nSPS) is 12.2. The van der Waals surface area contributed by atoms with E-state index in [2.05, 4.69) is 42.6 Å². The Kier molecular flexibility index (Phi) is 9.28. The predicted octanol–water partition coefficient (Wildman–Crippen LogP) is 2.97. The molecule has 184 valence electrons. The van der Waals surface area contributed by atoms with Crippen molar-refractivity contribution >= 4 is 39.7 Å². The second-order valence-corrected chi connectivity index (χ2v) is 24.2. The van der Waals surface area contributed by atoms with Crippen molar-refractivity contribution in [3.63, 3.8) is 0 Å². The van der Waals surface area contributed by atoms with Crippen LogP contribution in [0.3, 0.4) is 0 Å². The first-order valence-corrected chi connectivity index (χ1v) is 21.7. The van der Waals surface area contributed by atoms with Crippen LogP contribution in [0.15, 0.2) is 66.7 Å². The van der Waals surface area contributed by atoms with Gasteiger partial charge in [0.15, 0.2) is 0 Å². The fraction of sp³-hybridized carbons (Fsp3) is 0.296. The molecular weight excluding hydrogens is 547 g/mol. The van der Waals surface area contributed by atoms with Crippen molar-refractivity contribution in [3.8, 4) is 0 Å². The van der Waals surface area contributed by atoms with Gasteiger partial charge in [-0.1, -0.05) is 18.2 Å². The zero-order chi connectivity index (χ0) is 25.4. The van der Waals surface area contributed by atoms with Gasteiger partial charge >= 0.3 is 141 Å². The zero-order valence-electron chi connectivity index (χ0n) is 20.5. The van der Waals surface area contributed by atoms with E-state index in [-0.39, 0.29) is 12.5 Å². The Morgan fingerprint density at radius 2 is 1.60 bits per heavy atom. The number of hydrogen-bond donors (Lipinski definition) is 4. The first kappa shape index (κ1) is 26.7. The van der Waals surface area contributed by atoms with E-state index >= 15 is 0 Å². The minimum atomic E-state index is -2.11. The van der Waals surface area contributed by atoms with E-state index in [9.17, 15) is 14.7 Å². The molecule has 0 bridgehead atoms. The molecule has 0 spiro atoms. The number of nitrogens with one attached hydrogen (secondary N) is 2. The van der Waals surface area contributed by atoms with Crippen LogP contribution in [0.5, 0.6) is 0 Å². The van der Waals surface area contributed by atoms with E-state index in [1.807, 2.05) is 36.4 Å².